The highest BCUT2D eigenvalue weighted by Gasteiger charge is 2.50. The van der Waals surface area contributed by atoms with Gasteiger partial charge < -0.3 is 5.11 Å². The third-order valence-corrected chi connectivity index (χ3v) is 5.26. The quantitative estimate of drug-likeness (QED) is 0.446. The fourth-order valence-electron chi connectivity index (χ4n) is 3.77. The fourth-order valence-corrected chi connectivity index (χ4v) is 4.01. The third-order valence-electron chi connectivity index (χ3n) is 4.92. The van der Waals surface area contributed by atoms with E-state index in [1.165, 1.54) is 24.3 Å². The molecule has 0 saturated heterocycles. The SMILES string of the molecule is CC1C=CC(N(C(=O)O)C(C)(C)C)C([N+](=O)[O-])C1c1cc([N+](=O)[O-])ccc1Cl. The molecule has 10 heteroatoms. The summed E-state index contributed by atoms with van der Waals surface area (Å²) in [6.07, 6.45) is 1.94. The zero-order chi connectivity index (χ0) is 21.4. The third kappa shape index (κ3) is 4.09. The number of hydrogen-bond acceptors (Lipinski definition) is 5. The Morgan fingerprint density at radius 3 is 2.29 bits per heavy atom. The van der Waals surface area contributed by atoms with Crippen molar-refractivity contribution in [2.75, 3.05) is 0 Å². The van der Waals surface area contributed by atoms with E-state index in [0.717, 1.165) is 4.90 Å². The molecule has 0 heterocycles. The molecule has 2 rings (SSSR count). The van der Waals surface area contributed by atoms with Gasteiger partial charge in [0.2, 0.25) is 6.04 Å². The highest BCUT2D eigenvalue weighted by atomic mass is 35.5. The number of carboxylic acid groups (broad SMARTS) is 1. The van der Waals surface area contributed by atoms with Crippen LogP contribution in [0.25, 0.3) is 0 Å². The van der Waals surface area contributed by atoms with Crippen LogP contribution in [-0.2, 0) is 0 Å². The van der Waals surface area contributed by atoms with Gasteiger partial charge in [0.25, 0.3) is 5.69 Å². The van der Waals surface area contributed by atoms with Gasteiger partial charge in [0.1, 0.15) is 6.04 Å². The second kappa shape index (κ2) is 7.75. The summed E-state index contributed by atoms with van der Waals surface area (Å²) in [6.45, 7) is 6.70. The van der Waals surface area contributed by atoms with Gasteiger partial charge >= 0.3 is 6.09 Å². The highest BCUT2D eigenvalue weighted by molar-refractivity contribution is 6.31. The van der Waals surface area contributed by atoms with Crippen molar-refractivity contribution in [1.29, 1.82) is 0 Å². The number of amides is 1. The molecule has 1 aliphatic rings. The molecule has 0 fully saturated rings. The molecule has 0 saturated carbocycles. The standard InChI is InChI=1S/C18H22ClN3O6/c1-10-5-8-14(20(17(23)24)18(2,3)4)16(22(27)28)15(10)12-9-11(21(25)26)6-7-13(12)19/h5-10,14-16H,1-4H3,(H,23,24). The van der Waals surface area contributed by atoms with Crippen LogP contribution in [0.4, 0.5) is 10.5 Å². The van der Waals surface area contributed by atoms with Gasteiger partial charge in [-0.1, -0.05) is 30.7 Å². The summed E-state index contributed by atoms with van der Waals surface area (Å²) in [4.78, 5) is 35.0. The molecule has 0 bridgehead atoms. The number of rotatable bonds is 4. The molecule has 9 nitrogen and oxygen atoms in total. The van der Waals surface area contributed by atoms with Crippen molar-refractivity contribution >= 4 is 23.4 Å². The predicted octanol–water partition coefficient (Wildman–Crippen LogP) is 4.33. The monoisotopic (exact) mass is 411 g/mol. The fraction of sp³-hybridized carbons (Fsp3) is 0.500. The van der Waals surface area contributed by atoms with Gasteiger partial charge in [0.05, 0.1) is 10.8 Å². The molecule has 1 amide bonds. The Hall–Kier alpha value is -2.68. The molecule has 28 heavy (non-hydrogen) atoms. The normalized spacial score (nSPS) is 24.6. The van der Waals surface area contributed by atoms with Crippen molar-refractivity contribution < 1.29 is 19.7 Å². The Kier molecular flexibility index (Phi) is 5.98. The van der Waals surface area contributed by atoms with Gasteiger partial charge in [-0.25, -0.2) is 4.79 Å². The average Bonchev–Trinajstić information content (AvgIpc) is 2.54. The summed E-state index contributed by atoms with van der Waals surface area (Å²) in [6, 6.07) is 1.40. The van der Waals surface area contributed by atoms with Gasteiger partial charge in [0.15, 0.2) is 0 Å². The maximum Gasteiger partial charge on any atom is 0.408 e. The first-order valence-electron chi connectivity index (χ1n) is 8.64. The molecule has 1 aliphatic carbocycles. The first-order valence-corrected chi connectivity index (χ1v) is 9.02. The van der Waals surface area contributed by atoms with Crippen LogP contribution in [-0.4, -0.2) is 43.6 Å². The van der Waals surface area contributed by atoms with Crippen molar-refractivity contribution in [2.45, 2.75) is 51.2 Å². The van der Waals surface area contributed by atoms with Crippen LogP contribution in [0.1, 0.15) is 39.2 Å². The lowest BCUT2D eigenvalue weighted by Gasteiger charge is -2.43. The highest BCUT2D eigenvalue weighted by Crippen LogP contribution is 2.42. The molecule has 1 N–H and O–H groups in total. The van der Waals surface area contributed by atoms with Crippen LogP contribution >= 0.6 is 11.6 Å². The molecule has 1 aromatic carbocycles. The summed E-state index contributed by atoms with van der Waals surface area (Å²) in [7, 11) is 0. The topological polar surface area (TPSA) is 127 Å². The second-order valence-electron chi connectivity index (χ2n) is 7.82. The van der Waals surface area contributed by atoms with E-state index in [2.05, 4.69) is 0 Å². The molecule has 152 valence electrons. The molecule has 4 atom stereocenters. The number of allylic oxidation sites excluding steroid dienone is 1. The number of nitro benzene ring substituents is 1. The minimum absolute atomic E-state index is 0.168. The van der Waals surface area contributed by atoms with Crippen LogP contribution in [0, 0.1) is 26.1 Å². The Labute approximate surface area is 166 Å². The number of non-ortho nitro benzene ring substituents is 1. The number of halogens is 1. The number of nitrogens with zero attached hydrogens (tertiary/aromatic N) is 3. The lowest BCUT2D eigenvalue weighted by Crippen LogP contribution is -2.59. The van der Waals surface area contributed by atoms with Crippen LogP contribution < -0.4 is 0 Å². The number of nitro groups is 2. The molecular weight excluding hydrogens is 390 g/mol. The summed E-state index contributed by atoms with van der Waals surface area (Å²) >= 11 is 6.25. The smallest absolute Gasteiger partial charge is 0.408 e. The summed E-state index contributed by atoms with van der Waals surface area (Å²) < 4.78 is 0. The van der Waals surface area contributed by atoms with Gasteiger partial charge in [-0.3, -0.25) is 25.1 Å². The van der Waals surface area contributed by atoms with E-state index in [4.69, 9.17) is 11.6 Å². The Balaban J connectivity index is 2.67. The van der Waals surface area contributed by atoms with Crippen molar-refractivity contribution in [3.63, 3.8) is 0 Å². The summed E-state index contributed by atoms with van der Waals surface area (Å²) in [5, 5.41) is 33.1. The molecular formula is C18H22ClN3O6. The predicted molar refractivity (Wildman–Crippen MR) is 103 cm³/mol. The van der Waals surface area contributed by atoms with E-state index in [9.17, 15) is 30.1 Å². The molecule has 1 aromatic rings. The molecule has 0 aromatic heterocycles. The largest absolute Gasteiger partial charge is 0.465 e. The zero-order valence-corrected chi connectivity index (χ0v) is 16.7. The maximum atomic E-state index is 12.1. The average molecular weight is 412 g/mol. The van der Waals surface area contributed by atoms with E-state index in [-0.39, 0.29) is 22.2 Å². The summed E-state index contributed by atoms with van der Waals surface area (Å²) in [5.74, 6) is -1.21. The number of hydrogen-bond donors (Lipinski definition) is 1. The molecule has 0 aliphatic heterocycles. The van der Waals surface area contributed by atoms with Crippen molar-refractivity contribution in [1.82, 2.24) is 4.90 Å². The van der Waals surface area contributed by atoms with Crippen molar-refractivity contribution in [2.24, 2.45) is 5.92 Å². The maximum absolute atomic E-state index is 12.1. The zero-order valence-electron chi connectivity index (χ0n) is 15.9. The molecule has 0 radical (unpaired) electrons. The van der Waals surface area contributed by atoms with E-state index in [1.807, 2.05) is 0 Å². The lowest BCUT2D eigenvalue weighted by atomic mass is 9.74. The van der Waals surface area contributed by atoms with Gasteiger partial charge in [-0.15, -0.1) is 0 Å². The Morgan fingerprint density at radius 1 is 1.21 bits per heavy atom. The van der Waals surface area contributed by atoms with Crippen molar-refractivity contribution in [3.8, 4) is 0 Å². The first-order chi connectivity index (χ1) is 12.9. The lowest BCUT2D eigenvalue weighted by molar-refractivity contribution is -0.534. The van der Waals surface area contributed by atoms with Crippen LogP contribution in [0.2, 0.25) is 5.02 Å². The second-order valence-corrected chi connectivity index (χ2v) is 8.23. The van der Waals surface area contributed by atoms with Crippen LogP contribution in [0.15, 0.2) is 30.4 Å². The molecule has 4 unspecified atom stereocenters. The van der Waals surface area contributed by atoms with Gasteiger partial charge in [0, 0.05) is 27.6 Å². The number of benzene rings is 1. The van der Waals surface area contributed by atoms with E-state index in [1.54, 1.807) is 33.8 Å². The van der Waals surface area contributed by atoms with Gasteiger partial charge in [-0.2, -0.15) is 0 Å². The van der Waals surface area contributed by atoms with E-state index < -0.39 is 39.5 Å². The van der Waals surface area contributed by atoms with Gasteiger partial charge in [-0.05, 0) is 38.3 Å². The van der Waals surface area contributed by atoms with E-state index >= 15 is 0 Å². The minimum Gasteiger partial charge on any atom is -0.465 e. The number of carbonyl (C=O) groups is 1. The molecule has 0 spiro atoms. The van der Waals surface area contributed by atoms with E-state index in [0.29, 0.717) is 0 Å². The first kappa shape index (κ1) is 21.6. The minimum atomic E-state index is -1.35. The van der Waals surface area contributed by atoms with Crippen LogP contribution in [0.3, 0.4) is 0 Å². The Morgan fingerprint density at radius 2 is 1.82 bits per heavy atom. The Bertz CT molecular complexity index is 835. The van der Waals surface area contributed by atoms with Crippen molar-refractivity contribution in [3.05, 3.63) is 61.2 Å². The van der Waals surface area contributed by atoms with Crippen LogP contribution in [0.5, 0.6) is 0 Å². The summed E-state index contributed by atoms with van der Waals surface area (Å²) in [5.41, 5.74) is -0.864.